The lowest BCUT2D eigenvalue weighted by molar-refractivity contribution is -0.138. The number of carboxylic acids is 1. The molecule has 2 unspecified atom stereocenters. The summed E-state index contributed by atoms with van der Waals surface area (Å²) in [7, 11) is -4.55. The number of aliphatic carboxylic acids is 1. The fraction of sp³-hybridized carbons (Fsp3) is 0.939. The average molecular weight is 683 g/mol. The SMILES string of the molecule is CCCCCCCCCCCCC(CCCCCCCCCC)COCC(O)COP(=O)(O)O.NC(N)=NCCC[C@H](N)C(=O)O. The molecule has 0 amide bonds. The molecule has 0 aliphatic carbocycles. The van der Waals surface area contributed by atoms with Crippen LogP contribution in [-0.4, -0.2) is 70.4 Å². The van der Waals surface area contributed by atoms with Gasteiger partial charge in [0.05, 0.1) is 13.2 Å². The second kappa shape index (κ2) is 33.6. The van der Waals surface area contributed by atoms with E-state index in [0.29, 0.717) is 31.9 Å². The van der Waals surface area contributed by atoms with E-state index in [2.05, 4.69) is 23.4 Å². The fourth-order valence-corrected chi connectivity index (χ4v) is 5.41. The molecule has 10 N–H and O–H groups in total. The average Bonchev–Trinajstić information content (AvgIpc) is 2.99. The van der Waals surface area contributed by atoms with E-state index in [1.165, 1.54) is 116 Å². The summed E-state index contributed by atoms with van der Waals surface area (Å²) >= 11 is 0. The quantitative estimate of drug-likeness (QED) is 0.0178. The van der Waals surface area contributed by atoms with Crippen molar-refractivity contribution < 1.29 is 38.6 Å². The first kappa shape index (κ1) is 46.8. The van der Waals surface area contributed by atoms with Crippen molar-refractivity contribution in [1.29, 1.82) is 0 Å². The van der Waals surface area contributed by atoms with Crippen LogP contribution < -0.4 is 17.2 Å². The number of nitrogens with zero attached hydrogens (tertiary/aromatic N) is 1. The van der Waals surface area contributed by atoms with E-state index in [-0.39, 0.29) is 12.6 Å². The van der Waals surface area contributed by atoms with Gasteiger partial charge in [-0.3, -0.25) is 14.3 Å². The zero-order valence-corrected chi connectivity index (χ0v) is 30.1. The molecule has 0 aromatic rings. The van der Waals surface area contributed by atoms with Crippen molar-refractivity contribution in [3.8, 4) is 0 Å². The lowest BCUT2D eigenvalue weighted by Gasteiger charge is -2.19. The number of nitrogens with two attached hydrogens (primary N) is 3. The van der Waals surface area contributed by atoms with Crippen molar-refractivity contribution in [3.05, 3.63) is 0 Å². The van der Waals surface area contributed by atoms with Crippen molar-refractivity contribution in [2.45, 2.75) is 167 Å². The molecule has 0 aliphatic heterocycles. The van der Waals surface area contributed by atoms with Crippen molar-refractivity contribution in [3.63, 3.8) is 0 Å². The molecule has 0 heterocycles. The second-order valence-electron chi connectivity index (χ2n) is 12.5. The summed E-state index contributed by atoms with van der Waals surface area (Å²) in [6.07, 6.45) is 26.1. The molecular formula is C33H71N4O8P. The van der Waals surface area contributed by atoms with Gasteiger partial charge in [-0.1, -0.05) is 129 Å². The molecule has 0 aromatic heterocycles. The number of carbonyl (C=O) groups is 1. The number of hydrogen-bond donors (Lipinski definition) is 7. The van der Waals surface area contributed by atoms with Gasteiger partial charge in [0.1, 0.15) is 12.1 Å². The predicted molar refractivity (Wildman–Crippen MR) is 188 cm³/mol. The highest BCUT2D eigenvalue weighted by Gasteiger charge is 2.17. The largest absolute Gasteiger partial charge is 0.480 e. The van der Waals surface area contributed by atoms with Gasteiger partial charge >= 0.3 is 13.8 Å². The van der Waals surface area contributed by atoms with E-state index in [1.807, 2.05) is 0 Å². The number of phosphoric ester groups is 1. The number of phosphoric acid groups is 1. The van der Waals surface area contributed by atoms with Crippen LogP contribution in [0.2, 0.25) is 0 Å². The Morgan fingerprint density at radius 2 is 1.13 bits per heavy atom. The molecule has 0 bridgehead atoms. The van der Waals surface area contributed by atoms with Gasteiger partial charge in [-0.05, 0) is 31.6 Å². The Balaban J connectivity index is 0. The zero-order chi connectivity index (χ0) is 34.9. The van der Waals surface area contributed by atoms with Crippen LogP contribution in [0.3, 0.4) is 0 Å². The Labute approximate surface area is 279 Å². The molecule has 276 valence electrons. The zero-order valence-electron chi connectivity index (χ0n) is 29.2. The highest BCUT2D eigenvalue weighted by atomic mass is 31.2. The summed E-state index contributed by atoms with van der Waals surface area (Å²) in [6.45, 7) is 5.16. The summed E-state index contributed by atoms with van der Waals surface area (Å²) in [5.41, 5.74) is 15.3. The predicted octanol–water partition coefficient (Wildman–Crippen LogP) is 6.38. The summed E-state index contributed by atoms with van der Waals surface area (Å²) in [6, 6.07) is -0.820. The molecule has 0 spiro atoms. The van der Waals surface area contributed by atoms with Crippen LogP contribution in [0.25, 0.3) is 0 Å². The third-order valence-corrected chi connectivity index (χ3v) is 8.30. The molecule has 3 atom stereocenters. The molecule has 0 aliphatic rings. The van der Waals surface area contributed by atoms with Gasteiger partial charge in [-0.15, -0.1) is 0 Å². The monoisotopic (exact) mass is 683 g/mol. The smallest absolute Gasteiger partial charge is 0.469 e. The van der Waals surface area contributed by atoms with E-state index in [1.54, 1.807) is 0 Å². The van der Waals surface area contributed by atoms with E-state index < -0.39 is 32.5 Å². The van der Waals surface area contributed by atoms with Crippen LogP contribution in [0.1, 0.15) is 155 Å². The van der Waals surface area contributed by atoms with Crippen LogP contribution in [0, 0.1) is 5.92 Å². The van der Waals surface area contributed by atoms with Gasteiger partial charge in [0.25, 0.3) is 0 Å². The van der Waals surface area contributed by atoms with Gasteiger partial charge in [0.2, 0.25) is 0 Å². The minimum absolute atomic E-state index is 0.0129. The third kappa shape index (κ3) is 38.9. The van der Waals surface area contributed by atoms with Crippen LogP contribution >= 0.6 is 7.82 Å². The van der Waals surface area contributed by atoms with Gasteiger partial charge in [-0.2, -0.15) is 0 Å². The third-order valence-electron chi connectivity index (χ3n) is 7.82. The Hall–Kier alpha value is -1.27. The number of ether oxygens (including phenoxy) is 1. The minimum Gasteiger partial charge on any atom is -0.480 e. The van der Waals surface area contributed by atoms with Gasteiger partial charge in [0, 0.05) is 13.2 Å². The van der Waals surface area contributed by atoms with E-state index in [0.717, 1.165) is 12.8 Å². The van der Waals surface area contributed by atoms with Crippen LogP contribution in [0.4, 0.5) is 0 Å². The summed E-state index contributed by atoms with van der Waals surface area (Å²) < 4.78 is 20.8. The van der Waals surface area contributed by atoms with Crippen molar-refractivity contribution in [2.75, 3.05) is 26.4 Å². The number of aliphatic hydroxyl groups is 1. The van der Waals surface area contributed by atoms with Gasteiger partial charge in [0.15, 0.2) is 5.96 Å². The Morgan fingerprint density at radius 3 is 1.52 bits per heavy atom. The van der Waals surface area contributed by atoms with Gasteiger partial charge in [-0.25, -0.2) is 4.57 Å². The van der Waals surface area contributed by atoms with E-state index in [9.17, 15) is 14.5 Å². The summed E-state index contributed by atoms with van der Waals surface area (Å²) in [4.78, 5) is 31.4. The number of rotatable bonds is 32. The minimum atomic E-state index is -4.55. The Kier molecular flexibility index (Phi) is 34.2. The number of aliphatic hydroxyl groups excluding tert-OH is 1. The fourth-order valence-electron chi connectivity index (χ4n) is 5.04. The second-order valence-corrected chi connectivity index (χ2v) is 13.7. The van der Waals surface area contributed by atoms with Gasteiger partial charge < -0.3 is 41.9 Å². The molecule has 0 aromatic carbocycles. The molecule has 46 heavy (non-hydrogen) atoms. The molecule has 0 rings (SSSR count). The number of carboxylic acid groups (broad SMARTS) is 1. The molecule has 13 heteroatoms. The van der Waals surface area contributed by atoms with Crippen molar-refractivity contribution in [2.24, 2.45) is 28.1 Å². The van der Waals surface area contributed by atoms with Crippen molar-refractivity contribution >= 4 is 19.8 Å². The first-order chi connectivity index (χ1) is 21.9. The molecule has 0 fully saturated rings. The normalized spacial score (nSPS) is 13.4. The van der Waals surface area contributed by atoms with E-state index in [4.69, 9.17) is 36.8 Å². The molecule has 0 saturated heterocycles. The standard InChI is InChI=1S/C27H57O6P.C6H14N4O2/c1-3-5-7-9-11-13-14-16-18-20-22-26(21-19-17-15-12-10-8-6-4-2)23-32-24-27(28)25-33-34(29,30)31;7-4(5(11)12)2-1-3-10-6(8)9/h26-28H,3-25H2,1-2H3,(H2,29,30,31);4H,1-3,7H2,(H,11,12)(H4,8,9,10)/t;4-/m.0/s1. The summed E-state index contributed by atoms with van der Waals surface area (Å²) in [5.74, 6) is -0.498. The molecular weight excluding hydrogens is 611 g/mol. The molecule has 12 nitrogen and oxygen atoms in total. The van der Waals surface area contributed by atoms with Crippen LogP contribution in [-0.2, 0) is 18.6 Å². The topological polar surface area (TPSA) is 224 Å². The maximum atomic E-state index is 10.8. The highest BCUT2D eigenvalue weighted by Crippen LogP contribution is 2.35. The first-order valence-corrected chi connectivity index (χ1v) is 19.5. The lowest BCUT2D eigenvalue weighted by Crippen LogP contribution is -2.30. The van der Waals surface area contributed by atoms with E-state index >= 15 is 0 Å². The number of aliphatic imine (C=N–C) groups is 1. The lowest BCUT2D eigenvalue weighted by atomic mass is 9.94. The maximum Gasteiger partial charge on any atom is 0.469 e. The first-order valence-electron chi connectivity index (χ1n) is 17.9. The number of unbranched alkanes of at least 4 members (excludes halogenated alkanes) is 16. The van der Waals surface area contributed by atoms with Crippen LogP contribution in [0.5, 0.6) is 0 Å². The molecule has 0 radical (unpaired) electrons. The molecule has 0 saturated carbocycles. The Morgan fingerprint density at radius 1 is 0.696 bits per heavy atom. The maximum absolute atomic E-state index is 10.8. The number of hydrogen-bond acceptors (Lipinski definition) is 7. The number of guanidine groups is 1. The van der Waals surface area contributed by atoms with Crippen molar-refractivity contribution in [1.82, 2.24) is 0 Å². The Bertz CT molecular complexity index is 753. The highest BCUT2D eigenvalue weighted by molar-refractivity contribution is 7.46. The summed E-state index contributed by atoms with van der Waals surface area (Å²) in [5, 5.41) is 18.2. The van der Waals surface area contributed by atoms with Crippen LogP contribution in [0.15, 0.2) is 4.99 Å².